The molecule has 1 fully saturated rings. The van der Waals surface area contributed by atoms with Gasteiger partial charge >= 0.3 is 0 Å². The van der Waals surface area contributed by atoms with Crippen LogP contribution in [0.15, 0.2) is 0 Å². The fourth-order valence-electron chi connectivity index (χ4n) is 4.44. The van der Waals surface area contributed by atoms with Gasteiger partial charge in [-0.15, -0.1) is 0 Å². The van der Waals surface area contributed by atoms with Gasteiger partial charge in [-0.05, 0) is 25.7 Å². The highest BCUT2D eigenvalue weighted by molar-refractivity contribution is 5.74. The number of nitrogens with zero attached hydrogens (tertiary/aromatic N) is 1. The number of aliphatic carboxylic acids is 1. The first-order valence-electron chi connectivity index (χ1n) is 14.4. The van der Waals surface area contributed by atoms with Gasteiger partial charge in [-0.2, -0.15) is 0 Å². The van der Waals surface area contributed by atoms with Crippen LogP contribution in [0.2, 0.25) is 0 Å². The minimum absolute atomic E-state index is 0.230. The van der Waals surface area contributed by atoms with Gasteiger partial charge in [0.15, 0.2) is 0 Å². The van der Waals surface area contributed by atoms with Gasteiger partial charge in [0, 0.05) is 6.42 Å². The van der Waals surface area contributed by atoms with E-state index in [1.54, 1.807) is 0 Å². The van der Waals surface area contributed by atoms with Crippen LogP contribution >= 0.6 is 0 Å². The number of carbonyl (C=O) groups excluding carboxylic acids is 2. The molecule has 1 heterocycles. The fraction of sp³-hybridized carbons (Fsp3) is 0.929. The van der Waals surface area contributed by atoms with Crippen LogP contribution in [0.25, 0.3) is 0 Å². The van der Waals surface area contributed by atoms with E-state index in [1.807, 2.05) is 0 Å². The highest BCUT2D eigenvalue weighted by atomic mass is 16.5. The average Bonchev–Trinajstić information content (AvgIpc) is 2.80. The van der Waals surface area contributed by atoms with Crippen LogP contribution in [0, 0.1) is 5.92 Å². The molecular weight excluding hydrogens is 444 g/mol. The number of aliphatic hydroxyl groups is 1. The third-order valence-electron chi connectivity index (χ3n) is 6.62. The van der Waals surface area contributed by atoms with Gasteiger partial charge in [-0.25, -0.2) is 10.0 Å². The van der Waals surface area contributed by atoms with Crippen molar-refractivity contribution < 1.29 is 29.1 Å². The van der Waals surface area contributed by atoms with E-state index in [0.29, 0.717) is 6.42 Å². The van der Waals surface area contributed by atoms with Crippen molar-refractivity contribution in [2.75, 3.05) is 32.8 Å². The maximum atomic E-state index is 12.4. The monoisotopic (exact) mass is 500 g/mol. The van der Waals surface area contributed by atoms with Crippen molar-refractivity contribution in [3.8, 4) is 0 Å². The summed E-state index contributed by atoms with van der Waals surface area (Å²) in [6.07, 6.45) is 18.0. The Morgan fingerprint density at radius 3 is 1.69 bits per heavy atom. The van der Waals surface area contributed by atoms with E-state index in [-0.39, 0.29) is 5.91 Å². The van der Waals surface area contributed by atoms with Crippen LogP contribution < -0.4 is 10.5 Å². The van der Waals surface area contributed by atoms with Crippen LogP contribution in [0.3, 0.4) is 0 Å². The Morgan fingerprint density at radius 2 is 1.29 bits per heavy atom. The molecule has 1 saturated heterocycles. The van der Waals surface area contributed by atoms with Crippen molar-refractivity contribution in [3.63, 3.8) is 0 Å². The second-order valence-electron chi connectivity index (χ2n) is 10.6. The summed E-state index contributed by atoms with van der Waals surface area (Å²) in [6.45, 7) is 12.3. The van der Waals surface area contributed by atoms with E-state index in [0.717, 1.165) is 63.1 Å². The Bertz CT molecular complexity index is 514. The van der Waals surface area contributed by atoms with Crippen LogP contribution in [0.4, 0.5) is 0 Å². The van der Waals surface area contributed by atoms with E-state index in [2.05, 4.69) is 26.2 Å². The Kier molecular flexibility index (Phi) is 21.3. The number of amides is 1. The van der Waals surface area contributed by atoms with E-state index >= 15 is 0 Å². The molecule has 35 heavy (non-hydrogen) atoms. The zero-order valence-electron chi connectivity index (χ0n) is 23.3. The predicted molar refractivity (Wildman–Crippen MR) is 140 cm³/mol. The molecule has 1 rings (SSSR count). The lowest BCUT2D eigenvalue weighted by molar-refractivity contribution is -0.967. The third-order valence-corrected chi connectivity index (χ3v) is 6.62. The zero-order valence-corrected chi connectivity index (χ0v) is 23.3. The second kappa shape index (κ2) is 22.1. The number of hydrogen-bond donors (Lipinski definition) is 2. The van der Waals surface area contributed by atoms with E-state index in [9.17, 15) is 14.7 Å². The summed E-state index contributed by atoms with van der Waals surface area (Å²) in [4.78, 5) is 21.7. The molecule has 0 spiro atoms. The summed E-state index contributed by atoms with van der Waals surface area (Å²) >= 11 is 0. The summed E-state index contributed by atoms with van der Waals surface area (Å²) in [5, 5.41) is 17.3. The lowest BCUT2D eigenvalue weighted by atomic mass is 10.0. The summed E-state index contributed by atoms with van der Waals surface area (Å²) < 4.78 is 6.20. The smallest absolute Gasteiger partial charge is 0.264 e. The predicted octanol–water partition coefficient (Wildman–Crippen LogP) is 4.51. The summed E-state index contributed by atoms with van der Waals surface area (Å²) in [7, 11) is 0. The largest absolute Gasteiger partial charge is 0.547 e. The first-order chi connectivity index (χ1) is 16.7. The van der Waals surface area contributed by atoms with Crippen molar-refractivity contribution in [2.24, 2.45) is 5.92 Å². The molecule has 0 aromatic rings. The molecule has 0 aromatic carbocycles. The topological polar surface area (TPSA) is 98.7 Å². The zero-order chi connectivity index (χ0) is 26.4. The Balaban J connectivity index is 0.00000170. The minimum atomic E-state index is -1.44. The molecule has 0 bridgehead atoms. The number of hydrogen-bond acceptors (Lipinski definition) is 5. The van der Waals surface area contributed by atoms with Crippen molar-refractivity contribution in [1.29, 1.82) is 0 Å². The molecule has 1 aliphatic rings. The summed E-state index contributed by atoms with van der Waals surface area (Å²) in [5.74, 6) is -0.336. The number of nitrogens with one attached hydrogen (secondary N) is 1. The molecule has 1 aliphatic heterocycles. The number of ether oxygens (including phenoxy) is 1. The summed E-state index contributed by atoms with van der Waals surface area (Å²) in [6, 6.07) is 0. The van der Waals surface area contributed by atoms with Crippen LogP contribution in [-0.2, 0) is 14.3 Å². The molecule has 1 atom stereocenters. The lowest BCUT2D eigenvalue weighted by Gasteiger charge is -2.39. The fourth-order valence-corrected chi connectivity index (χ4v) is 4.44. The standard InChI is InChI=1S/C25H50N2O2.C3H6O3/c1-4-19-27(20-22-29-23-21-27)26-25(28)18-16-14-12-10-8-6-5-7-9-11-13-15-17-24(2)3;1-2(4)3(5)6/h24H,4-23H2,1-3H3;2,4H,1H3,(H,5,6). The molecule has 0 aromatic heterocycles. The number of unbranched alkanes of at least 4 members (excludes halogenated alkanes) is 11. The lowest BCUT2D eigenvalue weighted by Crippen LogP contribution is -2.65. The van der Waals surface area contributed by atoms with E-state index in [1.165, 1.54) is 77.0 Å². The van der Waals surface area contributed by atoms with E-state index < -0.39 is 12.1 Å². The highest BCUT2D eigenvalue weighted by Crippen LogP contribution is 2.15. The second-order valence-corrected chi connectivity index (χ2v) is 10.6. The molecule has 1 amide bonds. The van der Waals surface area contributed by atoms with Gasteiger partial charge < -0.3 is 19.7 Å². The number of carbonyl (C=O) groups is 2. The average molecular weight is 501 g/mol. The van der Waals surface area contributed by atoms with Crippen LogP contribution in [0.1, 0.15) is 124 Å². The number of rotatable bonds is 19. The third kappa shape index (κ3) is 20.7. The molecule has 0 radical (unpaired) electrons. The van der Waals surface area contributed by atoms with Crippen molar-refractivity contribution >= 4 is 11.9 Å². The maximum absolute atomic E-state index is 12.4. The van der Waals surface area contributed by atoms with Gasteiger partial charge in [0.1, 0.15) is 19.6 Å². The Labute approximate surface area is 215 Å². The van der Waals surface area contributed by atoms with Crippen LogP contribution in [0.5, 0.6) is 0 Å². The molecule has 0 saturated carbocycles. The number of aliphatic hydroxyl groups excluding tert-OH is 1. The van der Waals surface area contributed by atoms with Gasteiger partial charge in [0.25, 0.3) is 5.91 Å². The summed E-state index contributed by atoms with van der Waals surface area (Å²) in [5.41, 5.74) is 3.30. The molecule has 0 aliphatic carbocycles. The molecular formula is C28H56N2O5. The van der Waals surface area contributed by atoms with Gasteiger partial charge in [-0.3, -0.25) is 4.79 Å². The van der Waals surface area contributed by atoms with Crippen molar-refractivity contribution in [1.82, 2.24) is 5.43 Å². The van der Waals surface area contributed by atoms with E-state index in [4.69, 9.17) is 9.84 Å². The molecule has 7 heteroatoms. The van der Waals surface area contributed by atoms with Gasteiger partial charge in [0.2, 0.25) is 0 Å². The minimum Gasteiger partial charge on any atom is -0.547 e. The number of carboxylic acid groups (broad SMARTS) is 1. The van der Waals surface area contributed by atoms with Crippen LogP contribution in [-0.4, -0.2) is 60.5 Å². The van der Waals surface area contributed by atoms with Gasteiger partial charge in [0.05, 0.1) is 25.3 Å². The number of quaternary nitrogens is 1. The van der Waals surface area contributed by atoms with Crippen molar-refractivity contribution in [3.05, 3.63) is 0 Å². The van der Waals surface area contributed by atoms with Gasteiger partial charge in [-0.1, -0.05) is 97.8 Å². The normalized spacial score (nSPS) is 15.8. The Morgan fingerprint density at radius 1 is 0.857 bits per heavy atom. The quantitative estimate of drug-likeness (QED) is 0.201. The number of carboxylic acids is 1. The first kappa shape index (κ1) is 33.8. The molecule has 7 nitrogen and oxygen atoms in total. The SMILES string of the molecule is CC(O)C(=O)[O-].CCC[N+]1(NC(=O)CCCCCCCCCCCCCCC(C)C)CCOCC1. The maximum Gasteiger partial charge on any atom is 0.264 e. The molecule has 2 N–H and O–H groups in total. The van der Waals surface area contributed by atoms with Crippen molar-refractivity contribution in [2.45, 2.75) is 130 Å². The number of morpholine rings is 1. The first-order valence-corrected chi connectivity index (χ1v) is 14.4. The molecule has 208 valence electrons. The molecule has 1 unspecified atom stereocenters. The highest BCUT2D eigenvalue weighted by Gasteiger charge is 2.31. The Hall–Kier alpha value is -1.18.